The van der Waals surface area contributed by atoms with Crippen molar-refractivity contribution in [2.24, 2.45) is 0 Å². The normalized spacial score (nSPS) is 11.8. The maximum Gasteiger partial charge on any atom is 0.263 e. The molecule has 0 aliphatic rings. The van der Waals surface area contributed by atoms with Gasteiger partial charge >= 0.3 is 0 Å². The van der Waals surface area contributed by atoms with Crippen molar-refractivity contribution in [3.63, 3.8) is 0 Å². The largest absolute Gasteiger partial charge is 0.481 e. The van der Waals surface area contributed by atoms with Crippen molar-refractivity contribution < 1.29 is 9.53 Å². The van der Waals surface area contributed by atoms with Crippen molar-refractivity contribution in [3.05, 3.63) is 65.2 Å². The van der Waals surface area contributed by atoms with Crippen LogP contribution < -0.4 is 4.74 Å². The third kappa shape index (κ3) is 4.10. The minimum atomic E-state index is -0.504. The van der Waals surface area contributed by atoms with Crippen LogP contribution in [0, 0.1) is 13.8 Å². The Morgan fingerprint density at radius 2 is 1.77 bits per heavy atom. The molecule has 2 rings (SSSR count). The molecule has 0 bridgehead atoms. The van der Waals surface area contributed by atoms with Gasteiger partial charge < -0.3 is 9.64 Å². The predicted octanol–water partition coefficient (Wildman–Crippen LogP) is 3.73. The molecule has 0 aliphatic carbocycles. The number of rotatable bonds is 5. The highest BCUT2D eigenvalue weighted by Crippen LogP contribution is 2.18. The zero-order valence-electron chi connectivity index (χ0n) is 13.7. The Morgan fingerprint density at radius 3 is 2.41 bits per heavy atom. The lowest BCUT2D eigenvalue weighted by atomic mass is 10.1. The molecule has 3 nitrogen and oxygen atoms in total. The predicted molar refractivity (Wildman–Crippen MR) is 88.9 cm³/mol. The van der Waals surface area contributed by atoms with Crippen LogP contribution >= 0.6 is 0 Å². The standard InChI is InChI=1S/C19H23NO2/c1-14-10-11-18(12-15(14)2)22-16(3)19(21)20(4)13-17-8-6-5-7-9-17/h5-12,16H,13H2,1-4H3/t16-/m0/s1. The van der Waals surface area contributed by atoms with Crippen LogP contribution in [-0.4, -0.2) is 24.0 Å². The summed E-state index contributed by atoms with van der Waals surface area (Å²) >= 11 is 0. The van der Waals surface area contributed by atoms with Crippen LogP contribution in [0.2, 0.25) is 0 Å². The molecule has 0 saturated heterocycles. The van der Waals surface area contributed by atoms with Crippen LogP contribution in [0.5, 0.6) is 5.75 Å². The summed E-state index contributed by atoms with van der Waals surface area (Å²) in [5.41, 5.74) is 3.49. The summed E-state index contributed by atoms with van der Waals surface area (Å²) in [5.74, 6) is 0.708. The first-order chi connectivity index (χ1) is 10.5. The van der Waals surface area contributed by atoms with Gasteiger partial charge in [0.25, 0.3) is 5.91 Å². The van der Waals surface area contributed by atoms with Gasteiger partial charge in [-0.3, -0.25) is 4.79 Å². The van der Waals surface area contributed by atoms with Crippen LogP contribution in [0.3, 0.4) is 0 Å². The zero-order chi connectivity index (χ0) is 16.1. The molecule has 0 unspecified atom stereocenters. The Hall–Kier alpha value is -2.29. The van der Waals surface area contributed by atoms with E-state index < -0.39 is 6.10 Å². The molecule has 1 amide bonds. The van der Waals surface area contributed by atoms with E-state index in [4.69, 9.17) is 4.74 Å². The molecule has 0 spiro atoms. The number of hydrogen-bond donors (Lipinski definition) is 0. The van der Waals surface area contributed by atoms with E-state index in [1.807, 2.05) is 55.5 Å². The SMILES string of the molecule is Cc1ccc(O[C@@H](C)C(=O)N(C)Cc2ccccc2)cc1C. The Kier molecular flexibility index (Phi) is 5.21. The van der Waals surface area contributed by atoms with Gasteiger partial charge in [-0.15, -0.1) is 0 Å². The summed E-state index contributed by atoms with van der Waals surface area (Å²) in [7, 11) is 1.80. The maximum absolute atomic E-state index is 12.4. The minimum Gasteiger partial charge on any atom is -0.481 e. The first kappa shape index (κ1) is 16.1. The molecule has 0 saturated carbocycles. The molecule has 3 heteroatoms. The van der Waals surface area contributed by atoms with Crippen LogP contribution in [0.1, 0.15) is 23.6 Å². The van der Waals surface area contributed by atoms with E-state index in [1.165, 1.54) is 5.56 Å². The zero-order valence-corrected chi connectivity index (χ0v) is 13.7. The highest BCUT2D eigenvalue weighted by molar-refractivity contribution is 5.80. The monoisotopic (exact) mass is 297 g/mol. The number of carbonyl (C=O) groups excluding carboxylic acids is 1. The number of nitrogens with zero attached hydrogens (tertiary/aromatic N) is 1. The molecule has 0 heterocycles. The smallest absolute Gasteiger partial charge is 0.263 e. The van der Waals surface area contributed by atoms with Gasteiger partial charge in [0, 0.05) is 13.6 Å². The summed E-state index contributed by atoms with van der Waals surface area (Å²) < 4.78 is 5.78. The van der Waals surface area contributed by atoms with E-state index in [-0.39, 0.29) is 5.91 Å². The third-order valence-electron chi connectivity index (χ3n) is 3.78. The summed E-state index contributed by atoms with van der Waals surface area (Å²) in [5, 5.41) is 0. The lowest BCUT2D eigenvalue weighted by Gasteiger charge is -2.22. The molecular formula is C19H23NO2. The second kappa shape index (κ2) is 7.12. The number of ether oxygens (including phenoxy) is 1. The Bertz CT molecular complexity index is 637. The van der Waals surface area contributed by atoms with Crippen LogP contribution in [0.4, 0.5) is 0 Å². The summed E-state index contributed by atoms with van der Waals surface area (Å²) in [6.07, 6.45) is -0.504. The molecular weight excluding hydrogens is 274 g/mol. The van der Waals surface area contributed by atoms with Gasteiger partial charge in [-0.25, -0.2) is 0 Å². The molecule has 0 radical (unpaired) electrons. The second-order valence-electron chi connectivity index (χ2n) is 5.69. The number of amides is 1. The molecule has 1 atom stereocenters. The number of likely N-dealkylation sites (N-methyl/N-ethyl adjacent to an activating group) is 1. The first-order valence-electron chi connectivity index (χ1n) is 7.50. The topological polar surface area (TPSA) is 29.5 Å². The van der Waals surface area contributed by atoms with Crippen LogP contribution in [0.15, 0.2) is 48.5 Å². The van der Waals surface area contributed by atoms with E-state index in [9.17, 15) is 4.79 Å². The molecule has 0 aliphatic heterocycles. The molecule has 0 fully saturated rings. The molecule has 116 valence electrons. The quantitative estimate of drug-likeness (QED) is 0.841. The molecule has 2 aromatic rings. The first-order valence-corrected chi connectivity index (χ1v) is 7.50. The van der Waals surface area contributed by atoms with Gasteiger partial charge in [-0.1, -0.05) is 36.4 Å². The fraction of sp³-hybridized carbons (Fsp3) is 0.316. The average Bonchev–Trinajstić information content (AvgIpc) is 2.51. The lowest BCUT2D eigenvalue weighted by molar-refractivity contribution is -0.137. The van der Waals surface area contributed by atoms with Crippen molar-refractivity contribution in [1.29, 1.82) is 0 Å². The van der Waals surface area contributed by atoms with E-state index in [0.717, 1.165) is 16.9 Å². The fourth-order valence-corrected chi connectivity index (χ4v) is 2.29. The minimum absolute atomic E-state index is 0.0259. The lowest BCUT2D eigenvalue weighted by Crippen LogP contribution is -2.37. The maximum atomic E-state index is 12.4. The van der Waals surface area contributed by atoms with Gasteiger partial charge in [0.1, 0.15) is 5.75 Å². The van der Waals surface area contributed by atoms with Gasteiger partial charge in [-0.05, 0) is 49.6 Å². The van der Waals surface area contributed by atoms with Crippen LogP contribution in [-0.2, 0) is 11.3 Å². The third-order valence-corrected chi connectivity index (χ3v) is 3.78. The van der Waals surface area contributed by atoms with Crippen molar-refractivity contribution >= 4 is 5.91 Å². The summed E-state index contributed by atoms with van der Waals surface area (Å²) in [6, 6.07) is 15.8. The van der Waals surface area contributed by atoms with Gasteiger partial charge in [-0.2, -0.15) is 0 Å². The Balaban J connectivity index is 1.97. The fourth-order valence-electron chi connectivity index (χ4n) is 2.29. The van der Waals surface area contributed by atoms with Crippen molar-refractivity contribution in [1.82, 2.24) is 4.90 Å². The number of hydrogen-bond acceptors (Lipinski definition) is 2. The summed E-state index contributed by atoms with van der Waals surface area (Å²) in [4.78, 5) is 14.1. The van der Waals surface area contributed by atoms with Crippen molar-refractivity contribution in [2.75, 3.05) is 7.05 Å². The van der Waals surface area contributed by atoms with Crippen molar-refractivity contribution in [2.45, 2.75) is 33.4 Å². The average molecular weight is 297 g/mol. The number of benzene rings is 2. The Labute approximate surface area is 132 Å². The van der Waals surface area contributed by atoms with Gasteiger partial charge in [0.2, 0.25) is 0 Å². The van der Waals surface area contributed by atoms with E-state index in [1.54, 1.807) is 18.9 Å². The van der Waals surface area contributed by atoms with Gasteiger partial charge in [0.05, 0.1) is 0 Å². The molecule has 22 heavy (non-hydrogen) atoms. The summed E-state index contributed by atoms with van der Waals surface area (Å²) in [6.45, 7) is 6.47. The van der Waals surface area contributed by atoms with E-state index >= 15 is 0 Å². The molecule has 0 N–H and O–H groups in total. The van der Waals surface area contributed by atoms with Gasteiger partial charge in [0.15, 0.2) is 6.10 Å². The van der Waals surface area contributed by atoms with Crippen LogP contribution in [0.25, 0.3) is 0 Å². The molecule has 2 aromatic carbocycles. The molecule has 0 aromatic heterocycles. The second-order valence-corrected chi connectivity index (χ2v) is 5.69. The number of aryl methyl sites for hydroxylation is 2. The van der Waals surface area contributed by atoms with E-state index in [0.29, 0.717) is 6.54 Å². The van der Waals surface area contributed by atoms with Crippen molar-refractivity contribution in [3.8, 4) is 5.75 Å². The Morgan fingerprint density at radius 1 is 1.09 bits per heavy atom. The van der Waals surface area contributed by atoms with E-state index in [2.05, 4.69) is 6.92 Å². The highest BCUT2D eigenvalue weighted by Gasteiger charge is 2.19. The number of carbonyl (C=O) groups is 1. The highest BCUT2D eigenvalue weighted by atomic mass is 16.5.